The van der Waals surface area contributed by atoms with Crippen LogP contribution in [0.15, 0.2) is 41.4 Å². The zero-order chi connectivity index (χ0) is 20.1. The van der Waals surface area contributed by atoms with E-state index in [1.165, 1.54) is 13.5 Å². The molecule has 2 heterocycles. The smallest absolute Gasteiger partial charge is 0.273 e. The quantitative estimate of drug-likeness (QED) is 0.555. The molecule has 10 heteroatoms. The number of methoxy groups -OCH3 is 1. The first-order chi connectivity index (χ1) is 13.4. The Morgan fingerprint density at radius 2 is 1.96 bits per heavy atom. The number of piperidine rings is 1. The molecule has 0 atom stereocenters. The molecule has 1 aromatic heterocycles. The van der Waals surface area contributed by atoms with Crippen LogP contribution < -0.4 is 14.4 Å². The lowest BCUT2D eigenvalue weighted by molar-refractivity contribution is -0.385. The second-order valence-corrected chi connectivity index (χ2v) is 8.22. The van der Waals surface area contributed by atoms with E-state index in [2.05, 4.69) is 14.6 Å². The summed E-state index contributed by atoms with van der Waals surface area (Å²) in [5.41, 5.74) is 0.471. The van der Waals surface area contributed by atoms with Crippen LogP contribution in [0.5, 0.6) is 5.75 Å². The third kappa shape index (κ3) is 4.57. The number of nitro groups is 1. The molecule has 0 bridgehead atoms. The molecule has 1 saturated heterocycles. The van der Waals surface area contributed by atoms with Crippen LogP contribution in [0.25, 0.3) is 0 Å². The summed E-state index contributed by atoms with van der Waals surface area (Å²) in [4.78, 5) is 16.7. The van der Waals surface area contributed by atoms with Gasteiger partial charge in [-0.25, -0.2) is 18.1 Å². The molecule has 0 saturated carbocycles. The van der Waals surface area contributed by atoms with Crippen molar-refractivity contribution in [2.45, 2.75) is 30.7 Å². The van der Waals surface area contributed by atoms with E-state index in [9.17, 15) is 18.5 Å². The Balaban J connectivity index is 1.70. The van der Waals surface area contributed by atoms with E-state index < -0.39 is 14.9 Å². The number of benzene rings is 1. The number of pyridine rings is 1. The second kappa shape index (κ2) is 8.53. The van der Waals surface area contributed by atoms with Gasteiger partial charge in [0.25, 0.3) is 5.69 Å². The molecule has 0 radical (unpaired) electrons. The topological polar surface area (TPSA) is 115 Å². The van der Waals surface area contributed by atoms with Gasteiger partial charge in [0.05, 0.1) is 18.1 Å². The molecule has 1 fully saturated rings. The van der Waals surface area contributed by atoms with Crippen molar-refractivity contribution in [1.82, 2.24) is 9.71 Å². The number of hydrogen-bond acceptors (Lipinski definition) is 7. The summed E-state index contributed by atoms with van der Waals surface area (Å²) < 4.78 is 32.7. The Hall–Kier alpha value is -2.72. The van der Waals surface area contributed by atoms with Crippen LogP contribution in [-0.4, -0.2) is 38.5 Å². The van der Waals surface area contributed by atoms with Crippen molar-refractivity contribution in [2.75, 3.05) is 25.1 Å². The summed E-state index contributed by atoms with van der Waals surface area (Å²) in [5.74, 6) is 0.809. The van der Waals surface area contributed by atoms with Gasteiger partial charge in [-0.3, -0.25) is 10.1 Å². The van der Waals surface area contributed by atoms with Gasteiger partial charge < -0.3 is 9.64 Å². The highest BCUT2D eigenvalue weighted by atomic mass is 32.2. The summed E-state index contributed by atoms with van der Waals surface area (Å²) in [6.07, 6.45) is 5.20. The zero-order valence-corrected chi connectivity index (χ0v) is 16.3. The highest BCUT2D eigenvalue weighted by Crippen LogP contribution is 2.28. The zero-order valence-electron chi connectivity index (χ0n) is 15.5. The van der Waals surface area contributed by atoms with Gasteiger partial charge in [0.1, 0.15) is 16.5 Å². The van der Waals surface area contributed by atoms with E-state index in [-0.39, 0.29) is 22.9 Å². The Morgan fingerprint density at radius 3 is 2.57 bits per heavy atom. The fraction of sp³-hybridized carbons (Fsp3) is 0.389. The number of anilines is 1. The lowest BCUT2D eigenvalue weighted by Crippen LogP contribution is -2.30. The lowest BCUT2D eigenvalue weighted by Gasteiger charge is -2.27. The number of nitrogens with zero attached hydrogens (tertiary/aromatic N) is 3. The Bertz CT molecular complexity index is 941. The third-order valence-corrected chi connectivity index (χ3v) is 6.04. The fourth-order valence-corrected chi connectivity index (χ4v) is 4.25. The Morgan fingerprint density at radius 1 is 1.21 bits per heavy atom. The first-order valence-electron chi connectivity index (χ1n) is 8.93. The third-order valence-electron chi connectivity index (χ3n) is 4.60. The maximum atomic E-state index is 12.6. The first-order valence-corrected chi connectivity index (χ1v) is 10.4. The molecule has 0 spiro atoms. The maximum Gasteiger partial charge on any atom is 0.273 e. The number of rotatable bonds is 7. The molecule has 1 aliphatic rings. The van der Waals surface area contributed by atoms with Crippen molar-refractivity contribution in [3.05, 3.63) is 52.2 Å². The summed E-state index contributed by atoms with van der Waals surface area (Å²) in [6.45, 7) is 2.02. The Kier molecular flexibility index (Phi) is 6.10. The number of non-ortho nitro benzene ring substituents is 1. The Labute approximate surface area is 163 Å². The van der Waals surface area contributed by atoms with Gasteiger partial charge in [-0.1, -0.05) is 6.07 Å². The van der Waals surface area contributed by atoms with Crippen LogP contribution in [0.1, 0.15) is 24.8 Å². The summed E-state index contributed by atoms with van der Waals surface area (Å²) >= 11 is 0. The van der Waals surface area contributed by atoms with Gasteiger partial charge in [-0.05, 0) is 37.0 Å². The fourth-order valence-electron chi connectivity index (χ4n) is 3.08. The van der Waals surface area contributed by atoms with Gasteiger partial charge in [-0.2, -0.15) is 0 Å². The predicted octanol–water partition coefficient (Wildman–Crippen LogP) is 2.47. The van der Waals surface area contributed by atoms with Crippen molar-refractivity contribution >= 4 is 21.5 Å². The summed E-state index contributed by atoms with van der Waals surface area (Å²) in [6, 6.07) is 7.11. The van der Waals surface area contributed by atoms with Crippen LogP contribution in [0, 0.1) is 10.1 Å². The standard InChI is InChI=1S/C18H22N4O5S/c1-27-16-11-15(22(23)24)6-7-17(16)28(25,26)20-13-14-5-8-18(19-12-14)21-9-3-2-4-10-21/h5-8,11-12,20H,2-4,9-10,13H2,1H3. The van der Waals surface area contributed by atoms with Crippen LogP contribution in [0.2, 0.25) is 0 Å². The second-order valence-electron chi connectivity index (χ2n) is 6.49. The van der Waals surface area contributed by atoms with Crippen molar-refractivity contribution in [1.29, 1.82) is 0 Å². The van der Waals surface area contributed by atoms with Crippen molar-refractivity contribution in [3.63, 3.8) is 0 Å². The summed E-state index contributed by atoms with van der Waals surface area (Å²) in [5, 5.41) is 10.9. The molecule has 1 aliphatic heterocycles. The van der Waals surface area contributed by atoms with E-state index >= 15 is 0 Å². The minimum Gasteiger partial charge on any atom is -0.495 e. The number of nitro benzene ring substituents is 1. The van der Waals surface area contributed by atoms with E-state index in [0.29, 0.717) is 5.56 Å². The normalized spacial score (nSPS) is 14.7. The number of hydrogen-bond donors (Lipinski definition) is 1. The molecule has 28 heavy (non-hydrogen) atoms. The first kappa shape index (κ1) is 20.0. The minimum atomic E-state index is -3.91. The largest absolute Gasteiger partial charge is 0.495 e. The van der Waals surface area contributed by atoms with Crippen molar-refractivity contribution < 1.29 is 18.1 Å². The van der Waals surface area contributed by atoms with Crippen LogP contribution in [0.3, 0.4) is 0 Å². The van der Waals surface area contributed by atoms with Gasteiger partial charge in [0.15, 0.2) is 0 Å². The predicted molar refractivity (Wildman–Crippen MR) is 104 cm³/mol. The van der Waals surface area contributed by atoms with Gasteiger partial charge in [0.2, 0.25) is 10.0 Å². The number of sulfonamides is 1. The average Bonchev–Trinajstić information content (AvgIpc) is 2.72. The average molecular weight is 406 g/mol. The molecule has 0 amide bonds. The molecule has 3 rings (SSSR count). The van der Waals surface area contributed by atoms with Crippen molar-refractivity contribution in [2.24, 2.45) is 0 Å². The molecular formula is C18H22N4O5S. The van der Waals surface area contributed by atoms with Crippen LogP contribution >= 0.6 is 0 Å². The van der Waals surface area contributed by atoms with E-state index in [0.717, 1.165) is 49.9 Å². The molecule has 9 nitrogen and oxygen atoms in total. The molecule has 2 aromatic rings. The molecule has 0 unspecified atom stereocenters. The van der Waals surface area contributed by atoms with E-state index in [1.54, 1.807) is 6.20 Å². The minimum absolute atomic E-state index is 0.0513. The van der Waals surface area contributed by atoms with E-state index in [1.807, 2.05) is 12.1 Å². The summed E-state index contributed by atoms with van der Waals surface area (Å²) in [7, 11) is -2.64. The highest BCUT2D eigenvalue weighted by molar-refractivity contribution is 7.89. The van der Waals surface area contributed by atoms with E-state index in [4.69, 9.17) is 4.74 Å². The van der Waals surface area contributed by atoms with Gasteiger partial charge in [-0.15, -0.1) is 0 Å². The number of ether oxygens (including phenoxy) is 1. The van der Waals surface area contributed by atoms with Gasteiger partial charge in [0, 0.05) is 31.9 Å². The number of nitrogens with one attached hydrogen (secondary N) is 1. The highest BCUT2D eigenvalue weighted by Gasteiger charge is 2.22. The van der Waals surface area contributed by atoms with Gasteiger partial charge >= 0.3 is 0 Å². The monoisotopic (exact) mass is 406 g/mol. The molecule has 1 aromatic carbocycles. The maximum absolute atomic E-state index is 12.6. The molecular weight excluding hydrogens is 384 g/mol. The van der Waals surface area contributed by atoms with Crippen LogP contribution in [-0.2, 0) is 16.6 Å². The molecule has 150 valence electrons. The molecule has 0 aliphatic carbocycles. The lowest BCUT2D eigenvalue weighted by atomic mass is 10.1. The van der Waals surface area contributed by atoms with Crippen LogP contribution in [0.4, 0.5) is 11.5 Å². The van der Waals surface area contributed by atoms with Crippen molar-refractivity contribution in [3.8, 4) is 5.75 Å². The SMILES string of the molecule is COc1cc([N+](=O)[O-])ccc1S(=O)(=O)NCc1ccc(N2CCCCC2)nc1. The molecule has 1 N–H and O–H groups in total. The number of aromatic nitrogens is 1.